The van der Waals surface area contributed by atoms with Crippen LogP contribution >= 0.6 is 11.6 Å². The summed E-state index contributed by atoms with van der Waals surface area (Å²) in [4.78, 5) is 29.5. The number of carbonyl (C=O) groups is 2. The quantitative estimate of drug-likeness (QED) is 0.230. The Morgan fingerprint density at radius 2 is 1.54 bits per heavy atom. The Morgan fingerprint density at radius 3 is 2.13 bits per heavy atom. The molecule has 1 atom stereocenters. The monoisotopic (exact) mass is 671 g/mol. The zero-order valence-corrected chi connectivity index (χ0v) is 28.3. The van der Waals surface area contributed by atoms with E-state index in [-0.39, 0.29) is 34.8 Å². The van der Waals surface area contributed by atoms with Crippen LogP contribution in [0.4, 0.5) is 5.69 Å². The van der Waals surface area contributed by atoms with Crippen molar-refractivity contribution in [2.24, 2.45) is 0 Å². The maximum atomic E-state index is 14.4. The molecule has 0 spiro atoms. The van der Waals surface area contributed by atoms with E-state index in [2.05, 4.69) is 5.32 Å². The van der Waals surface area contributed by atoms with Crippen LogP contribution in [0.25, 0.3) is 0 Å². The number of rotatable bonds is 14. The van der Waals surface area contributed by atoms with Gasteiger partial charge < -0.3 is 24.4 Å². The van der Waals surface area contributed by atoms with Gasteiger partial charge in [-0.05, 0) is 73.4 Å². The molecule has 1 aliphatic carbocycles. The highest BCUT2D eigenvalue weighted by molar-refractivity contribution is 7.92. The molecule has 2 amide bonds. The van der Waals surface area contributed by atoms with Gasteiger partial charge in [0.2, 0.25) is 11.8 Å². The Hall–Kier alpha value is -3.96. The maximum absolute atomic E-state index is 14.4. The molecule has 12 heteroatoms. The lowest BCUT2D eigenvalue weighted by Crippen LogP contribution is -2.54. The highest BCUT2D eigenvalue weighted by Crippen LogP contribution is 2.33. The predicted octanol–water partition coefficient (Wildman–Crippen LogP) is 5.82. The molecule has 1 N–H and O–H groups in total. The topological polar surface area (TPSA) is 114 Å². The summed E-state index contributed by atoms with van der Waals surface area (Å²) in [5, 5.41) is 3.56. The van der Waals surface area contributed by atoms with Crippen molar-refractivity contribution in [3.8, 4) is 17.2 Å². The van der Waals surface area contributed by atoms with E-state index in [1.54, 1.807) is 31.4 Å². The lowest BCUT2D eigenvalue weighted by molar-refractivity contribution is -0.140. The molecule has 3 aromatic rings. The molecule has 0 aromatic heterocycles. The predicted molar refractivity (Wildman–Crippen MR) is 178 cm³/mol. The van der Waals surface area contributed by atoms with Crippen LogP contribution in [0.1, 0.15) is 51.0 Å². The molecule has 0 radical (unpaired) electrons. The first-order valence-corrected chi connectivity index (χ1v) is 17.2. The van der Waals surface area contributed by atoms with Gasteiger partial charge in [-0.25, -0.2) is 8.42 Å². The molecule has 1 unspecified atom stereocenters. The van der Waals surface area contributed by atoms with Crippen molar-refractivity contribution in [3.05, 3.63) is 77.3 Å². The molecule has 0 aliphatic heterocycles. The van der Waals surface area contributed by atoms with E-state index in [1.165, 1.54) is 49.5 Å². The van der Waals surface area contributed by atoms with E-state index >= 15 is 0 Å². The summed E-state index contributed by atoms with van der Waals surface area (Å²) >= 11 is 6.14. The summed E-state index contributed by atoms with van der Waals surface area (Å²) in [5.41, 5.74) is 0.996. The van der Waals surface area contributed by atoms with E-state index in [1.807, 2.05) is 19.1 Å². The van der Waals surface area contributed by atoms with E-state index < -0.39 is 28.5 Å². The Morgan fingerprint density at radius 1 is 0.891 bits per heavy atom. The molecule has 0 heterocycles. The SMILES string of the molecule is CCC(C(=O)NC1CCCCC1)N(Cc1ccc(OC)cc1)C(=O)CN(c1ccc(Cl)cc1)S(=O)(=O)c1ccc(OC)c(OC)c1. The number of nitrogens with zero attached hydrogens (tertiary/aromatic N) is 2. The van der Waals surface area contributed by atoms with Crippen molar-refractivity contribution in [1.29, 1.82) is 0 Å². The van der Waals surface area contributed by atoms with Gasteiger partial charge in [-0.3, -0.25) is 13.9 Å². The number of nitrogens with one attached hydrogen (secondary N) is 1. The summed E-state index contributed by atoms with van der Waals surface area (Å²) < 4.78 is 45.4. The van der Waals surface area contributed by atoms with Gasteiger partial charge in [0.1, 0.15) is 18.3 Å². The number of halogens is 1. The number of ether oxygens (including phenoxy) is 3. The van der Waals surface area contributed by atoms with Crippen molar-refractivity contribution in [3.63, 3.8) is 0 Å². The number of carbonyl (C=O) groups excluding carboxylic acids is 2. The third-order valence-electron chi connectivity index (χ3n) is 8.19. The van der Waals surface area contributed by atoms with Crippen molar-refractivity contribution in [1.82, 2.24) is 10.2 Å². The molecule has 46 heavy (non-hydrogen) atoms. The van der Waals surface area contributed by atoms with Crippen LogP contribution in [0.15, 0.2) is 71.6 Å². The molecule has 1 fully saturated rings. The normalized spacial score (nSPS) is 14.2. The number of anilines is 1. The third kappa shape index (κ3) is 8.44. The highest BCUT2D eigenvalue weighted by atomic mass is 35.5. The Labute approximate surface area is 276 Å². The van der Waals surface area contributed by atoms with E-state index in [9.17, 15) is 18.0 Å². The second-order valence-corrected chi connectivity index (χ2v) is 13.4. The molecule has 10 nitrogen and oxygen atoms in total. The molecule has 248 valence electrons. The molecule has 3 aromatic carbocycles. The molecular weight excluding hydrogens is 630 g/mol. The van der Waals surface area contributed by atoms with Crippen LogP contribution < -0.4 is 23.8 Å². The number of amides is 2. The molecular formula is C34H42ClN3O7S. The van der Waals surface area contributed by atoms with Crippen LogP contribution in [-0.4, -0.2) is 65.1 Å². The minimum Gasteiger partial charge on any atom is -0.497 e. The Bertz CT molecular complexity index is 1580. The van der Waals surface area contributed by atoms with Crippen LogP contribution in [0.5, 0.6) is 17.2 Å². The number of hydrogen-bond acceptors (Lipinski definition) is 7. The summed E-state index contributed by atoms with van der Waals surface area (Å²) in [7, 11) is 0.114. The second-order valence-electron chi connectivity index (χ2n) is 11.1. The first-order chi connectivity index (χ1) is 22.1. The smallest absolute Gasteiger partial charge is 0.264 e. The molecule has 1 saturated carbocycles. The summed E-state index contributed by atoms with van der Waals surface area (Å²) in [6.45, 7) is 1.36. The van der Waals surface area contributed by atoms with Gasteiger partial charge in [0.15, 0.2) is 11.5 Å². The van der Waals surface area contributed by atoms with Crippen molar-refractivity contribution < 1.29 is 32.2 Å². The van der Waals surface area contributed by atoms with Gasteiger partial charge in [-0.2, -0.15) is 0 Å². The zero-order chi connectivity index (χ0) is 33.3. The van der Waals surface area contributed by atoms with Gasteiger partial charge in [-0.15, -0.1) is 0 Å². The van der Waals surface area contributed by atoms with E-state index in [4.69, 9.17) is 25.8 Å². The van der Waals surface area contributed by atoms with Crippen LogP contribution in [0.3, 0.4) is 0 Å². The fourth-order valence-electron chi connectivity index (χ4n) is 5.63. The first-order valence-electron chi connectivity index (χ1n) is 15.3. The average molecular weight is 672 g/mol. The lowest BCUT2D eigenvalue weighted by atomic mass is 9.95. The van der Waals surface area contributed by atoms with Crippen LogP contribution in [-0.2, 0) is 26.2 Å². The molecule has 1 aliphatic rings. The summed E-state index contributed by atoms with van der Waals surface area (Å²) in [5.74, 6) is 0.435. The van der Waals surface area contributed by atoms with Crippen molar-refractivity contribution in [2.75, 3.05) is 32.2 Å². The van der Waals surface area contributed by atoms with Crippen molar-refractivity contribution >= 4 is 39.1 Å². The first kappa shape index (κ1) is 34.9. The summed E-state index contributed by atoms with van der Waals surface area (Å²) in [6, 6.07) is 16.8. The highest BCUT2D eigenvalue weighted by Gasteiger charge is 2.35. The lowest BCUT2D eigenvalue weighted by Gasteiger charge is -2.34. The fraction of sp³-hybridized carbons (Fsp3) is 0.412. The largest absolute Gasteiger partial charge is 0.497 e. The zero-order valence-electron chi connectivity index (χ0n) is 26.7. The second kappa shape index (κ2) is 16.0. The van der Waals surface area contributed by atoms with Gasteiger partial charge in [-0.1, -0.05) is 49.9 Å². The minimum absolute atomic E-state index is 0.0456. The van der Waals surface area contributed by atoms with Crippen molar-refractivity contribution in [2.45, 2.75) is 69.0 Å². The number of hydrogen-bond donors (Lipinski definition) is 1. The number of benzene rings is 3. The molecule has 0 saturated heterocycles. The number of methoxy groups -OCH3 is 3. The molecule has 4 rings (SSSR count). The fourth-order valence-corrected chi connectivity index (χ4v) is 7.19. The Kier molecular flexibility index (Phi) is 12.2. The molecule has 0 bridgehead atoms. The number of sulfonamides is 1. The van der Waals surface area contributed by atoms with Crippen LogP contribution in [0.2, 0.25) is 5.02 Å². The standard InChI is InChI=1S/C34H42ClN3O7S/c1-5-30(34(40)36-26-9-7-6-8-10-26)37(22-24-11-17-28(43-2)18-12-24)33(39)23-38(27-15-13-25(35)14-16-27)46(41,42)29-19-20-31(44-3)32(21-29)45-4/h11-21,26,30H,5-10,22-23H2,1-4H3,(H,36,40). The Balaban J connectivity index is 1.73. The van der Waals surface area contributed by atoms with Gasteiger partial charge in [0.25, 0.3) is 10.0 Å². The van der Waals surface area contributed by atoms with Gasteiger partial charge >= 0.3 is 0 Å². The van der Waals surface area contributed by atoms with Gasteiger partial charge in [0, 0.05) is 23.7 Å². The van der Waals surface area contributed by atoms with E-state index in [0.29, 0.717) is 22.9 Å². The summed E-state index contributed by atoms with van der Waals surface area (Å²) in [6.07, 6.45) is 5.34. The van der Waals surface area contributed by atoms with Crippen LogP contribution in [0, 0.1) is 0 Å². The third-order valence-corrected chi connectivity index (χ3v) is 10.2. The average Bonchev–Trinajstić information content (AvgIpc) is 3.07. The minimum atomic E-state index is -4.32. The van der Waals surface area contributed by atoms with E-state index in [0.717, 1.165) is 42.0 Å². The maximum Gasteiger partial charge on any atom is 0.264 e. The van der Waals surface area contributed by atoms with Gasteiger partial charge in [0.05, 0.1) is 31.9 Å².